The lowest BCUT2D eigenvalue weighted by atomic mass is 10.0. The second kappa shape index (κ2) is 6.68. The summed E-state index contributed by atoms with van der Waals surface area (Å²) in [6, 6.07) is 12.6. The van der Waals surface area contributed by atoms with Gasteiger partial charge in [0.1, 0.15) is 5.69 Å². The largest absolute Gasteiger partial charge is 0.338 e. The predicted molar refractivity (Wildman–Crippen MR) is 87.1 cm³/mol. The molecule has 0 saturated heterocycles. The first-order chi connectivity index (χ1) is 10.7. The molecule has 0 unspecified atom stereocenters. The summed E-state index contributed by atoms with van der Waals surface area (Å²) in [4.78, 5) is 20.7. The molecule has 2 heterocycles. The molecule has 1 N–H and O–H groups in total. The molecule has 0 aliphatic rings. The van der Waals surface area contributed by atoms with Crippen LogP contribution in [0.25, 0.3) is 0 Å². The summed E-state index contributed by atoms with van der Waals surface area (Å²) in [5.41, 5.74) is 3.64. The highest BCUT2D eigenvalue weighted by molar-refractivity contribution is 7.07. The van der Waals surface area contributed by atoms with Crippen LogP contribution < -0.4 is 5.32 Å². The van der Waals surface area contributed by atoms with Crippen LogP contribution >= 0.6 is 22.9 Å². The second-order valence-corrected chi connectivity index (χ2v) is 5.74. The van der Waals surface area contributed by atoms with Gasteiger partial charge in [-0.15, -0.1) is 11.3 Å². The van der Waals surface area contributed by atoms with E-state index in [4.69, 9.17) is 11.6 Å². The molecular weight excluding hydrogens is 318 g/mol. The minimum Gasteiger partial charge on any atom is -0.338 e. The number of halogens is 1. The normalized spacial score (nSPS) is 11.9. The zero-order chi connectivity index (χ0) is 15.4. The highest BCUT2D eigenvalue weighted by Crippen LogP contribution is 2.23. The molecule has 0 saturated carbocycles. The number of rotatable bonds is 4. The van der Waals surface area contributed by atoms with E-state index in [9.17, 15) is 4.79 Å². The van der Waals surface area contributed by atoms with Crippen molar-refractivity contribution in [2.75, 3.05) is 0 Å². The van der Waals surface area contributed by atoms with Crippen LogP contribution in [0.5, 0.6) is 0 Å². The minimum absolute atomic E-state index is 0.239. The summed E-state index contributed by atoms with van der Waals surface area (Å²) in [6.07, 6.45) is 1.70. The van der Waals surface area contributed by atoms with Gasteiger partial charge in [0, 0.05) is 16.6 Å². The molecule has 1 amide bonds. The lowest BCUT2D eigenvalue weighted by Gasteiger charge is -2.18. The fourth-order valence-corrected chi connectivity index (χ4v) is 2.82. The Morgan fingerprint density at radius 1 is 1.18 bits per heavy atom. The zero-order valence-electron chi connectivity index (χ0n) is 11.4. The van der Waals surface area contributed by atoms with Gasteiger partial charge in [0.15, 0.2) is 0 Å². The highest BCUT2D eigenvalue weighted by Gasteiger charge is 2.20. The summed E-state index contributed by atoms with van der Waals surface area (Å²) in [5, 5.41) is 5.29. The Morgan fingerprint density at radius 2 is 2.09 bits per heavy atom. The Balaban J connectivity index is 1.95. The first kappa shape index (κ1) is 14.7. The van der Waals surface area contributed by atoms with E-state index in [0.717, 1.165) is 11.3 Å². The van der Waals surface area contributed by atoms with Gasteiger partial charge in [0.25, 0.3) is 5.91 Å². The van der Waals surface area contributed by atoms with Gasteiger partial charge in [-0.3, -0.25) is 9.78 Å². The summed E-state index contributed by atoms with van der Waals surface area (Å²) >= 11 is 7.45. The molecule has 3 rings (SSSR count). The van der Waals surface area contributed by atoms with Crippen LogP contribution in [-0.4, -0.2) is 15.9 Å². The fourth-order valence-electron chi connectivity index (χ4n) is 2.09. The maximum Gasteiger partial charge on any atom is 0.271 e. The van der Waals surface area contributed by atoms with Gasteiger partial charge in [0.05, 0.1) is 17.2 Å². The molecule has 4 nitrogen and oxygen atoms in total. The van der Waals surface area contributed by atoms with Crippen molar-refractivity contribution in [2.45, 2.75) is 6.04 Å². The average Bonchev–Trinajstić information content (AvgIpc) is 3.08. The number of benzene rings is 1. The smallest absolute Gasteiger partial charge is 0.271 e. The molecule has 0 radical (unpaired) electrons. The topological polar surface area (TPSA) is 54.9 Å². The van der Waals surface area contributed by atoms with E-state index in [1.165, 1.54) is 11.3 Å². The number of aromatic nitrogens is 2. The third kappa shape index (κ3) is 3.32. The van der Waals surface area contributed by atoms with Crippen molar-refractivity contribution in [1.29, 1.82) is 0 Å². The van der Waals surface area contributed by atoms with Crippen molar-refractivity contribution in [3.05, 3.63) is 81.5 Å². The minimum atomic E-state index is -0.380. The molecule has 6 heteroatoms. The molecular formula is C16H12ClN3OS. The number of nitrogens with zero attached hydrogens (tertiary/aromatic N) is 2. The molecule has 0 aliphatic heterocycles. The predicted octanol–water partition coefficient (Wildman–Crippen LogP) is 3.71. The number of pyridine rings is 1. The van der Waals surface area contributed by atoms with Crippen molar-refractivity contribution < 1.29 is 4.79 Å². The summed E-state index contributed by atoms with van der Waals surface area (Å²) in [5.74, 6) is -0.239. The van der Waals surface area contributed by atoms with Crippen LogP contribution in [0.2, 0.25) is 5.02 Å². The molecule has 2 aromatic heterocycles. The van der Waals surface area contributed by atoms with Crippen LogP contribution in [-0.2, 0) is 0 Å². The number of hydrogen-bond acceptors (Lipinski definition) is 4. The zero-order valence-corrected chi connectivity index (χ0v) is 13.0. The Labute approximate surface area is 136 Å². The van der Waals surface area contributed by atoms with Crippen molar-refractivity contribution >= 4 is 28.8 Å². The lowest BCUT2D eigenvalue weighted by molar-refractivity contribution is 0.0938. The van der Waals surface area contributed by atoms with Crippen LogP contribution in [0.4, 0.5) is 0 Å². The van der Waals surface area contributed by atoms with E-state index in [2.05, 4.69) is 15.3 Å². The standard InChI is InChI=1S/C16H12ClN3OS/c17-12-5-3-4-11(8-12)15(13-6-1-2-7-18-13)20-16(21)14-9-22-10-19-14/h1-10,15H,(H,20,21)/t15-/m0/s1. The summed E-state index contributed by atoms with van der Waals surface area (Å²) < 4.78 is 0. The van der Waals surface area contributed by atoms with Crippen LogP contribution in [0, 0.1) is 0 Å². The molecule has 1 aromatic carbocycles. The molecule has 0 spiro atoms. The average molecular weight is 330 g/mol. The second-order valence-electron chi connectivity index (χ2n) is 4.59. The molecule has 0 bridgehead atoms. The number of hydrogen-bond donors (Lipinski definition) is 1. The van der Waals surface area contributed by atoms with Crippen molar-refractivity contribution in [1.82, 2.24) is 15.3 Å². The monoisotopic (exact) mass is 329 g/mol. The number of carbonyl (C=O) groups is 1. The number of amides is 1. The Morgan fingerprint density at radius 3 is 2.77 bits per heavy atom. The molecule has 0 aliphatic carbocycles. The van der Waals surface area contributed by atoms with Gasteiger partial charge in [-0.1, -0.05) is 29.8 Å². The SMILES string of the molecule is O=C(N[C@@H](c1cccc(Cl)c1)c1ccccn1)c1cscn1. The van der Waals surface area contributed by atoms with Gasteiger partial charge in [-0.25, -0.2) is 4.98 Å². The van der Waals surface area contributed by atoms with E-state index in [-0.39, 0.29) is 11.9 Å². The quantitative estimate of drug-likeness (QED) is 0.793. The molecule has 3 aromatic rings. The van der Waals surface area contributed by atoms with Crippen molar-refractivity contribution in [3.8, 4) is 0 Å². The third-order valence-electron chi connectivity index (χ3n) is 3.11. The lowest BCUT2D eigenvalue weighted by Crippen LogP contribution is -2.30. The molecule has 22 heavy (non-hydrogen) atoms. The van der Waals surface area contributed by atoms with Gasteiger partial charge < -0.3 is 5.32 Å². The Kier molecular flexibility index (Phi) is 4.46. The first-order valence-corrected chi connectivity index (χ1v) is 7.91. The van der Waals surface area contributed by atoms with Gasteiger partial charge in [-0.2, -0.15) is 0 Å². The van der Waals surface area contributed by atoms with E-state index in [1.54, 1.807) is 23.2 Å². The Hall–Kier alpha value is -2.24. The molecule has 0 fully saturated rings. The number of nitrogens with one attached hydrogen (secondary N) is 1. The van der Waals surface area contributed by atoms with E-state index >= 15 is 0 Å². The van der Waals surface area contributed by atoms with Crippen LogP contribution in [0.1, 0.15) is 27.8 Å². The number of carbonyl (C=O) groups excluding carboxylic acids is 1. The van der Waals surface area contributed by atoms with Gasteiger partial charge >= 0.3 is 0 Å². The van der Waals surface area contributed by atoms with Gasteiger partial charge in [-0.05, 0) is 29.8 Å². The van der Waals surface area contributed by atoms with Crippen molar-refractivity contribution in [2.24, 2.45) is 0 Å². The van der Waals surface area contributed by atoms with Gasteiger partial charge in [0.2, 0.25) is 0 Å². The summed E-state index contributed by atoms with van der Waals surface area (Å²) in [7, 11) is 0. The maximum atomic E-state index is 12.3. The third-order valence-corrected chi connectivity index (χ3v) is 3.93. The van der Waals surface area contributed by atoms with E-state index < -0.39 is 0 Å². The maximum absolute atomic E-state index is 12.3. The fraction of sp³-hybridized carbons (Fsp3) is 0.0625. The van der Waals surface area contributed by atoms with Crippen molar-refractivity contribution in [3.63, 3.8) is 0 Å². The molecule has 1 atom stereocenters. The van der Waals surface area contributed by atoms with Crippen LogP contribution in [0.15, 0.2) is 59.6 Å². The van der Waals surface area contributed by atoms with Crippen LogP contribution in [0.3, 0.4) is 0 Å². The highest BCUT2D eigenvalue weighted by atomic mass is 35.5. The van der Waals surface area contributed by atoms with E-state index in [0.29, 0.717) is 10.7 Å². The summed E-state index contributed by atoms with van der Waals surface area (Å²) in [6.45, 7) is 0. The Bertz CT molecular complexity index is 762. The number of thiazole rings is 1. The molecule has 110 valence electrons. The van der Waals surface area contributed by atoms with E-state index in [1.807, 2.05) is 36.4 Å². The first-order valence-electron chi connectivity index (χ1n) is 6.59.